The molecule has 9 rings (SSSR count). The largest absolute Gasteiger partial charge is 0.478 e. The lowest BCUT2D eigenvalue weighted by Crippen LogP contribution is -2.55. The van der Waals surface area contributed by atoms with E-state index in [0.29, 0.717) is 66.2 Å². The minimum Gasteiger partial charge on any atom is -0.478 e. The molecule has 0 bridgehead atoms. The van der Waals surface area contributed by atoms with Crippen LogP contribution in [0.25, 0.3) is 10.9 Å². The number of hydrogen-bond acceptors (Lipinski definition) is 13. The fourth-order valence-corrected chi connectivity index (χ4v) is 10.1. The molecule has 4 aliphatic heterocycles. The van der Waals surface area contributed by atoms with E-state index in [9.17, 15) is 29.1 Å². The van der Waals surface area contributed by atoms with E-state index in [1.54, 1.807) is 29.0 Å². The van der Waals surface area contributed by atoms with Gasteiger partial charge in [-0.1, -0.05) is 17.7 Å². The Morgan fingerprint density at radius 3 is 2.54 bits per heavy atom. The monoisotopic (exact) mass is 913 g/mol. The number of piperidine rings is 3. The number of halogens is 2. The number of aliphatic hydroxyl groups is 1. The molecule has 1 saturated carbocycles. The second kappa shape index (κ2) is 18.3. The van der Waals surface area contributed by atoms with Crippen LogP contribution in [-0.2, 0) is 25.7 Å². The Morgan fingerprint density at radius 2 is 1.82 bits per heavy atom. The first-order chi connectivity index (χ1) is 31.3. The highest BCUT2D eigenvalue weighted by Crippen LogP contribution is 2.40. The molecular weight excluding hydrogens is 861 g/mol. The van der Waals surface area contributed by atoms with Gasteiger partial charge in [-0.05, 0) is 94.8 Å². The number of imide groups is 1. The van der Waals surface area contributed by atoms with E-state index in [4.69, 9.17) is 26.1 Å². The molecule has 4 N–H and O–H groups in total. The summed E-state index contributed by atoms with van der Waals surface area (Å²) in [4.78, 5) is 77.4. The molecule has 3 atom stereocenters. The zero-order valence-electron chi connectivity index (χ0n) is 36.5. The minimum absolute atomic E-state index is 0.0493. The maximum atomic E-state index is 16.1. The molecule has 0 spiro atoms. The van der Waals surface area contributed by atoms with Crippen molar-refractivity contribution in [2.75, 3.05) is 50.1 Å². The number of β-amino-alcohol motifs (C(OH)–C–C–N with tert-alkyl or cyclic N) is 1. The van der Waals surface area contributed by atoms with Crippen molar-refractivity contribution in [3.05, 3.63) is 80.5 Å². The zero-order chi connectivity index (χ0) is 45.7. The number of nitrogens with zero attached hydrogens (tertiary/aromatic N) is 6. The predicted molar refractivity (Wildman–Crippen MR) is 239 cm³/mol. The van der Waals surface area contributed by atoms with E-state index in [0.717, 1.165) is 31.1 Å². The van der Waals surface area contributed by atoms with Gasteiger partial charge < -0.3 is 39.6 Å². The number of aliphatic hydroxyl groups excluding tert-OH is 1. The van der Waals surface area contributed by atoms with Crippen LogP contribution in [0.3, 0.4) is 0 Å². The summed E-state index contributed by atoms with van der Waals surface area (Å²) in [6.45, 7) is 6.00. The third kappa shape index (κ3) is 8.88. The minimum atomic E-state index is -0.824. The number of hydrogen-bond donors (Lipinski definition) is 4. The van der Waals surface area contributed by atoms with Gasteiger partial charge in [-0.25, -0.2) is 9.37 Å². The van der Waals surface area contributed by atoms with Crippen molar-refractivity contribution in [1.29, 1.82) is 0 Å². The molecule has 6 heterocycles. The molecule has 3 saturated heterocycles. The van der Waals surface area contributed by atoms with Gasteiger partial charge in [0, 0.05) is 73.3 Å². The number of likely N-dealkylation sites (tertiary alicyclic amines) is 1. The van der Waals surface area contributed by atoms with Gasteiger partial charge in [0.1, 0.15) is 16.9 Å². The molecule has 4 aromatic rings. The predicted octanol–water partition coefficient (Wildman–Crippen LogP) is 4.16. The maximum Gasteiger partial charge on any atom is 0.293 e. The Hall–Kier alpha value is -5.69. The van der Waals surface area contributed by atoms with Crippen LogP contribution in [-0.4, -0.2) is 123 Å². The third-order valence-corrected chi connectivity index (χ3v) is 13.8. The number of benzene rings is 2. The summed E-state index contributed by atoms with van der Waals surface area (Å²) in [7, 11) is 1.50. The molecule has 2 aromatic carbocycles. The molecular formula is C46H53ClFN9O8. The molecule has 5 aliphatic rings. The van der Waals surface area contributed by atoms with Crippen molar-refractivity contribution in [2.45, 2.75) is 108 Å². The Kier molecular flexibility index (Phi) is 12.5. The van der Waals surface area contributed by atoms with Crippen molar-refractivity contribution < 1.29 is 38.1 Å². The highest BCUT2D eigenvalue weighted by molar-refractivity contribution is 6.33. The van der Waals surface area contributed by atoms with Crippen LogP contribution in [0, 0.1) is 5.82 Å². The lowest BCUT2D eigenvalue weighted by atomic mass is 9.81. The van der Waals surface area contributed by atoms with Crippen molar-refractivity contribution in [2.24, 2.45) is 0 Å². The summed E-state index contributed by atoms with van der Waals surface area (Å²) in [5, 5.41) is 20.5. The number of carbonyl (C=O) groups is 4. The van der Waals surface area contributed by atoms with E-state index in [-0.39, 0.29) is 84.5 Å². The molecule has 4 amide bonds. The van der Waals surface area contributed by atoms with Gasteiger partial charge in [0.15, 0.2) is 18.2 Å². The van der Waals surface area contributed by atoms with Gasteiger partial charge in [0.25, 0.3) is 17.4 Å². The molecule has 0 radical (unpaired) electrons. The Morgan fingerprint density at radius 1 is 1.03 bits per heavy atom. The number of likely N-dealkylation sites (N-methyl/N-ethyl adjacent to an activating group) is 1. The summed E-state index contributed by atoms with van der Waals surface area (Å²) < 4.78 is 29.9. The molecule has 1 unspecified atom stereocenters. The number of nitrogens with one attached hydrogen (secondary N) is 3. The van der Waals surface area contributed by atoms with Crippen LogP contribution < -0.4 is 31.1 Å². The first-order valence-electron chi connectivity index (χ1n) is 22.4. The topological polar surface area (TPSA) is 201 Å². The van der Waals surface area contributed by atoms with E-state index in [1.165, 1.54) is 11.9 Å². The summed E-state index contributed by atoms with van der Waals surface area (Å²) in [6, 6.07) is 9.70. The molecule has 2 aromatic heterocycles. The fraction of sp³-hybridized carbons (Fsp3) is 0.500. The highest BCUT2D eigenvalue weighted by atomic mass is 35.5. The second-order valence-electron chi connectivity index (χ2n) is 17.9. The van der Waals surface area contributed by atoms with Crippen LogP contribution >= 0.6 is 11.6 Å². The summed E-state index contributed by atoms with van der Waals surface area (Å²) in [5.74, 6) is -1.57. The molecule has 65 heavy (non-hydrogen) atoms. The smallest absolute Gasteiger partial charge is 0.293 e. The molecule has 1 aliphatic carbocycles. The Labute approximate surface area is 379 Å². The van der Waals surface area contributed by atoms with Crippen molar-refractivity contribution >= 4 is 63.6 Å². The van der Waals surface area contributed by atoms with E-state index in [2.05, 4.69) is 30.7 Å². The quantitative estimate of drug-likeness (QED) is 0.148. The number of rotatable bonds is 12. The average molecular weight is 914 g/mol. The highest BCUT2D eigenvalue weighted by Gasteiger charge is 2.44. The van der Waals surface area contributed by atoms with Crippen LogP contribution in [0.2, 0.25) is 5.02 Å². The summed E-state index contributed by atoms with van der Waals surface area (Å²) in [5.41, 5.74) is 1.93. The molecule has 19 heteroatoms. The zero-order valence-corrected chi connectivity index (χ0v) is 37.3. The normalized spacial score (nSPS) is 24.0. The van der Waals surface area contributed by atoms with Gasteiger partial charge in [0.05, 0.1) is 36.6 Å². The van der Waals surface area contributed by atoms with Gasteiger partial charge in [0.2, 0.25) is 17.8 Å². The Bertz CT molecular complexity index is 2600. The first-order valence-corrected chi connectivity index (χ1v) is 22.7. The first kappa shape index (κ1) is 44.5. The number of amides is 4. The molecule has 17 nitrogen and oxygen atoms in total. The average Bonchev–Trinajstić information content (AvgIpc) is 3.61. The van der Waals surface area contributed by atoms with E-state index >= 15 is 4.39 Å². The number of ether oxygens (including phenoxy) is 2. The molecule has 4 fully saturated rings. The second-order valence-corrected chi connectivity index (χ2v) is 18.3. The number of fused-ring (bicyclic) bond motifs is 2. The standard InChI is InChI=1S/C46H53ClFN9O8/c1-24(2)57-35-7-4-26(16-25(35)17-38(45(57)63)64-23-40(60)49-3)51-42-34(47)20-50-46(53-42)54-13-10-28(11-14-54)65-29-18-27(19-29)55-15-12-30(37(58)22-55)31-5-6-32-33(41(31)48)21-56(44(32)62)36-8-9-39(59)52-43(36)61/h4-7,16-17,20,24,27-30,36-37,58H,8-15,18-19,21-23H2,1-3H3,(H,49,60)(H,50,51,53)(H,52,59,61)/t27?,29?,30-,36?,37-/m1/s1. The fourth-order valence-electron chi connectivity index (χ4n) is 9.93. The van der Waals surface area contributed by atoms with Crippen molar-refractivity contribution in [3.63, 3.8) is 0 Å². The van der Waals surface area contributed by atoms with Crippen LogP contribution in [0.15, 0.2) is 47.4 Å². The van der Waals surface area contributed by atoms with Crippen molar-refractivity contribution in [1.82, 2.24) is 35.0 Å². The molecule has 344 valence electrons. The number of aromatic nitrogens is 3. The van der Waals surface area contributed by atoms with Crippen LogP contribution in [0.4, 0.5) is 21.8 Å². The van der Waals surface area contributed by atoms with Crippen LogP contribution in [0.5, 0.6) is 5.75 Å². The van der Waals surface area contributed by atoms with Gasteiger partial charge >= 0.3 is 0 Å². The number of carbonyl (C=O) groups excluding carboxylic acids is 4. The van der Waals surface area contributed by atoms with Crippen LogP contribution in [0.1, 0.15) is 92.2 Å². The lowest BCUT2D eigenvalue weighted by Gasteiger charge is -2.48. The Balaban J connectivity index is 0.756. The third-order valence-electron chi connectivity index (χ3n) is 13.5. The van der Waals surface area contributed by atoms with Gasteiger partial charge in [-0.3, -0.25) is 34.2 Å². The number of pyridine rings is 1. The van der Waals surface area contributed by atoms with Gasteiger partial charge in [-0.2, -0.15) is 4.98 Å². The summed E-state index contributed by atoms with van der Waals surface area (Å²) >= 11 is 6.59. The SMILES string of the molecule is CNC(=O)COc1cc2cc(Nc3nc(N4CCC(OC5CC(N6CC[C@H](c7ccc8c(c7F)CN(C7CCC(=O)NC7=O)C8=O)[C@H](O)C6)C5)CC4)ncc3Cl)ccc2n(C(C)C)c1=O. The van der Waals surface area contributed by atoms with Crippen molar-refractivity contribution in [3.8, 4) is 5.75 Å². The summed E-state index contributed by atoms with van der Waals surface area (Å²) in [6.07, 6.45) is 5.19. The van der Waals surface area contributed by atoms with Gasteiger partial charge in [-0.15, -0.1) is 0 Å². The van der Waals surface area contributed by atoms with E-state index < -0.39 is 35.7 Å². The number of anilines is 3. The maximum absolute atomic E-state index is 16.1. The van der Waals surface area contributed by atoms with E-state index in [1.807, 2.05) is 32.0 Å². The lowest BCUT2D eigenvalue weighted by molar-refractivity contribution is -0.137.